The minimum atomic E-state index is -0.764. The third kappa shape index (κ3) is 4.70. The molecule has 3 aromatic rings. The molecule has 158 valence electrons. The van der Waals surface area contributed by atoms with Crippen LogP contribution >= 0.6 is 39.1 Å². The highest BCUT2D eigenvalue weighted by Gasteiger charge is 2.37. The molecule has 0 saturated heterocycles. The molecule has 0 saturated carbocycles. The first-order valence-corrected chi connectivity index (χ1v) is 11.2. The van der Waals surface area contributed by atoms with E-state index in [4.69, 9.17) is 33.0 Å². The highest BCUT2D eigenvalue weighted by Crippen LogP contribution is 2.37. The van der Waals surface area contributed by atoms with E-state index in [1.165, 1.54) is 12.1 Å². The summed E-state index contributed by atoms with van der Waals surface area (Å²) in [6.45, 7) is 0. The van der Waals surface area contributed by atoms with Gasteiger partial charge in [-0.25, -0.2) is 5.01 Å². The number of halogens is 3. The molecule has 2 unspecified atom stereocenters. The van der Waals surface area contributed by atoms with E-state index in [0.29, 0.717) is 16.5 Å². The summed E-state index contributed by atoms with van der Waals surface area (Å²) in [5.74, 6) is -0.239. The van der Waals surface area contributed by atoms with Crippen LogP contribution in [0.3, 0.4) is 0 Å². The number of hydrogen-bond donors (Lipinski definition) is 0. The minimum absolute atomic E-state index is 0.239. The van der Waals surface area contributed by atoms with Crippen LogP contribution < -0.4 is 0 Å². The van der Waals surface area contributed by atoms with Crippen molar-refractivity contribution in [3.63, 3.8) is 0 Å². The van der Waals surface area contributed by atoms with Crippen LogP contribution in [0.15, 0.2) is 82.4 Å². The summed E-state index contributed by atoms with van der Waals surface area (Å²) in [5.41, 5.74) is 3.41. The van der Waals surface area contributed by atoms with Gasteiger partial charge in [-0.2, -0.15) is 5.10 Å². The molecule has 0 spiro atoms. The Morgan fingerprint density at radius 3 is 2.42 bits per heavy atom. The third-order valence-corrected chi connectivity index (χ3v) is 6.47. The van der Waals surface area contributed by atoms with Crippen molar-refractivity contribution in [2.24, 2.45) is 5.10 Å². The van der Waals surface area contributed by atoms with Crippen LogP contribution in [0.25, 0.3) is 0 Å². The zero-order chi connectivity index (χ0) is 22.0. The molecule has 31 heavy (non-hydrogen) atoms. The average molecular weight is 518 g/mol. The predicted octanol–water partition coefficient (Wildman–Crippen LogP) is 6.82. The quantitative estimate of drug-likeness (QED) is 0.372. The predicted molar refractivity (Wildman–Crippen MR) is 128 cm³/mol. The van der Waals surface area contributed by atoms with Gasteiger partial charge in [0.15, 0.2) is 6.10 Å². The maximum Gasteiger partial charge on any atom is 0.276 e. The molecule has 0 aliphatic carbocycles. The second-order valence-corrected chi connectivity index (χ2v) is 8.89. The summed E-state index contributed by atoms with van der Waals surface area (Å²) >= 11 is 15.8. The molecule has 0 bridgehead atoms. The Kier molecular flexibility index (Phi) is 6.77. The van der Waals surface area contributed by atoms with Gasteiger partial charge in [-0.15, -0.1) is 0 Å². The van der Waals surface area contributed by atoms with Gasteiger partial charge >= 0.3 is 0 Å². The molecule has 1 heterocycles. The van der Waals surface area contributed by atoms with Gasteiger partial charge in [0.1, 0.15) is 0 Å². The van der Waals surface area contributed by atoms with E-state index >= 15 is 0 Å². The lowest BCUT2D eigenvalue weighted by atomic mass is 9.98. The van der Waals surface area contributed by atoms with Crippen LogP contribution in [0.4, 0.5) is 0 Å². The molecular formula is C24H19BrCl2N2O2. The van der Waals surface area contributed by atoms with Crippen LogP contribution in [0, 0.1) is 0 Å². The van der Waals surface area contributed by atoms with Crippen molar-refractivity contribution in [3.8, 4) is 0 Å². The van der Waals surface area contributed by atoms with Gasteiger partial charge in [0.25, 0.3) is 5.91 Å². The van der Waals surface area contributed by atoms with E-state index < -0.39 is 6.10 Å². The van der Waals surface area contributed by atoms with Gasteiger partial charge in [0, 0.05) is 18.0 Å². The minimum Gasteiger partial charge on any atom is -0.367 e. The summed E-state index contributed by atoms with van der Waals surface area (Å²) in [7, 11) is 1.53. The van der Waals surface area contributed by atoms with Crippen molar-refractivity contribution in [3.05, 3.63) is 104 Å². The summed E-state index contributed by atoms with van der Waals surface area (Å²) in [6.07, 6.45) is -0.212. The number of ether oxygens (including phenoxy) is 1. The number of rotatable bonds is 5. The number of nitrogens with zero attached hydrogens (tertiary/aromatic N) is 2. The Hall–Kier alpha value is -2.18. The first-order chi connectivity index (χ1) is 15.0. The molecule has 7 heteroatoms. The van der Waals surface area contributed by atoms with E-state index in [1.54, 1.807) is 12.1 Å². The molecule has 4 nitrogen and oxygen atoms in total. The number of benzene rings is 3. The Morgan fingerprint density at radius 2 is 1.77 bits per heavy atom. The molecule has 0 aromatic heterocycles. The first-order valence-electron chi connectivity index (χ1n) is 9.67. The van der Waals surface area contributed by atoms with Crippen molar-refractivity contribution >= 4 is 50.8 Å². The van der Waals surface area contributed by atoms with Crippen LogP contribution in [-0.4, -0.2) is 23.7 Å². The van der Waals surface area contributed by atoms with E-state index in [0.717, 1.165) is 26.9 Å². The average Bonchev–Trinajstić information content (AvgIpc) is 3.23. The molecule has 1 aliphatic heterocycles. The van der Waals surface area contributed by atoms with E-state index in [1.807, 2.05) is 60.7 Å². The van der Waals surface area contributed by atoms with Crippen LogP contribution in [0.1, 0.15) is 35.3 Å². The zero-order valence-electron chi connectivity index (χ0n) is 16.6. The van der Waals surface area contributed by atoms with Crippen molar-refractivity contribution in [2.45, 2.75) is 18.6 Å². The van der Waals surface area contributed by atoms with Crippen molar-refractivity contribution in [1.82, 2.24) is 5.01 Å². The summed E-state index contributed by atoms with van der Waals surface area (Å²) in [4.78, 5) is 13.6. The van der Waals surface area contributed by atoms with Crippen LogP contribution in [0.2, 0.25) is 10.0 Å². The summed E-state index contributed by atoms with van der Waals surface area (Å²) in [6, 6.07) is 22.4. The highest BCUT2D eigenvalue weighted by atomic mass is 79.9. The summed E-state index contributed by atoms with van der Waals surface area (Å²) in [5, 5.41) is 7.14. The zero-order valence-corrected chi connectivity index (χ0v) is 19.7. The fourth-order valence-corrected chi connectivity index (χ4v) is 4.21. The van der Waals surface area contributed by atoms with Crippen molar-refractivity contribution < 1.29 is 9.53 Å². The molecule has 3 aromatic carbocycles. The Morgan fingerprint density at radius 1 is 1.06 bits per heavy atom. The maximum atomic E-state index is 13.6. The standard InChI is InChI=1S/C24H19BrCl2N2O2/c1-31-23(16-5-3-2-4-6-16)24(30)29-22(17-9-12-19(26)20(27)13-17)14-21(28-29)15-7-10-18(25)11-8-15/h2-13,22-23H,14H2,1H3. The second-order valence-electron chi connectivity index (χ2n) is 7.16. The molecular weight excluding hydrogens is 499 g/mol. The number of methoxy groups -OCH3 is 1. The monoisotopic (exact) mass is 516 g/mol. The lowest BCUT2D eigenvalue weighted by Crippen LogP contribution is -2.32. The maximum absolute atomic E-state index is 13.6. The van der Waals surface area contributed by atoms with E-state index in [2.05, 4.69) is 15.9 Å². The Labute approximate surface area is 199 Å². The fraction of sp³-hybridized carbons (Fsp3) is 0.167. The molecule has 4 rings (SSSR count). The van der Waals surface area contributed by atoms with E-state index in [9.17, 15) is 4.79 Å². The normalized spacial score (nSPS) is 16.8. The van der Waals surface area contributed by atoms with E-state index in [-0.39, 0.29) is 11.9 Å². The molecule has 0 N–H and O–H groups in total. The van der Waals surface area contributed by atoms with Gasteiger partial charge in [-0.3, -0.25) is 4.79 Å². The number of amides is 1. The SMILES string of the molecule is COC(C(=O)N1N=C(c2ccc(Br)cc2)CC1c1ccc(Cl)c(Cl)c1)c1ccccc1. The molecule has 0 radical (unpaired) electrons. The van der Waals surface area contributed by atoms with Crippen LogP contribution in [0.5, 0.6) is 0 Å². The molecule has 2 atom stereocenters. The molecule has 1 aliphatic rings. The summed E-state index contributed by atoms with van der Waals surface area (Å²) < 4.78 is 6.56. The third-order valence-electron chi connectivity index (χ3n) is 5.20. The Balaban J connectivity index is 1.74. The Bertz CT molecular complexity index is 1120. The van der Waals surface area contributed by atoms with Gasteiger partial charge in [-0.05, 0) is 41.0 Å². The van der Waals surface area contributed by atoms with Crippen molar-refractivity contribution in [2.75, 3.05) is 7.11 Å². The number of hydrazone groups is 1. The number of carbonyl (C=O) groups is 1. The highest BCUT2D eigenvalue weighted by molar-refractivity contribution is 9.10. The fourth-order valence-electron chi connectivity index (χ4n) is 3.64. The van der Waals surface area contributed by atoms with Gasteiger partial charge in [0.05, 0.1) is 21.8 Å². The van der Waals surface area contributed by atoms with Crippen LogP contribution in [-0.2, 0) is 9.53 Å². The van der Waals surface area contributed by atoms with Gasteiger partial charge in [0.2, 0.25) is 0 Å². The smallest absolute Gasteiger partial charge is 0.276 e. The lowest BCUT2D eigenvalue weighted by molar-refractivity contribution is -0.144. The van der Waals surface area contributed by atoms with Gasteiger partial charge < -0.3 is 4.74 Å². The molecule has 1 amide bonds. The topological polar surface area (TPSA) is 41.9 Å². The second kappa shape index (κ2) is 9.53. The van der Waals surface area contributed by atoms with Crippen molar-refractivity contribution in [1.29, 1.82) is 0 Å². The van der Waals surface area contributed by atoms with Gasteiger partial charge in [-0.1, -0.05) is 87.7 Å². The largest absolute Gasteiger partial charge is 0.367 e. The number of carbonyl (C=O) groups excluding carboxylic acids is 1. The lowest BCUT2D eigenvalue weighted by Gasteiger charge is -2.26. The number of hydrogen-bond acceptors (Lipinski definition) is 3. The molecule has 0 fully saturated rings. The first kappa shape index (κ1) is 22.0.